The van der Waals surface area contributed by atoms with Gasteiger partial charge in [0.2, 0.25) is 5.82 Å². The lowest BCUT2D eigenvalue weighted by Gasteiger charge is -2.32. The van der Waals surface area contributed by atoms with Gasteiger partial charge in [-0.25, -0.2) is 4.98 Å². The Balaban J connectivity index is 1.85. The van der Waals surface area contributed by atoms with Crippen LogP contribution >= 0.6 is 0 Å². The van der Waals surface area contributed by atoms with Gasteiger partial charge in [0, 0.05) is 19.6 Å². The molecule has 0 saturated carbocycles. The number of carbonyl (C=O) groups excluding carboxylic acids is 1. The molecule has 0 atom stereocenters. The Kier molecular flexibility index (Phi) is 3.73. The monoisotopic (exact) mass is 237 g/mol. The highest BCUT2D eigenvalue weighted by molar-refractivity contribution is 5.90. The number of H-pyrrole nitrogens is 1. The Morgan fingerprint density at radius 1 is 1.53 bits per heavy atom. The summed E-state index contributed by atoms with van der Waals surface area (Å²) in [5, 5.41) is 6.32. The van der Waals surface area contributed by atoms with Crippen LogP contribution in [0.5, 0.6) is 0 Å². The number of carbonyl (C=O) groups is 1. The van der Waals surface area contributed by atoms with E-state index in [1.807, 2.05) is 4.90 Å². The highest BCUT2D eigenvalue weighted by atomic mass is 16.2. The van der Waals surface area contributed by atoms with E-state index in [9.17, 15) is 4.79 Å². The summed E-state index contributed by atoms with van der Waals surface area (Å²) in [5.41, 5.74) is 0. The Labute approximate surface area is 101 Å². The van der Waals surface area contributed by atoms with Gasteiger partial charge in [-0.2, -0.15) is 5.10 Å². The number of rotatable bonds is 3. The van der Waals surface area contributed by atoms with Crippen molar-refractivity contribution in [1.29, 1.82) is 0 Å². The van der Waals surface area contributed by atoms with E-state index in [0.29, 0.717) is 11.7 Å². The molecule has 0 radical (unpaired) electrons. The number of hydrogen-bond acceptors (Lipinski definition) is 4. The van der Waals surface area contributed by atoms with Gasteiger partial charge in [-0.3, -0.25) is 9.89 Å². The summed E-state index contributed by atoms with van der Waals surface area (Å²) in [6.45, 7) is 2.74. The number of aromatic nitrogens is 3. The third-order valence-electron chi connectivity index (χ3n) is 3.14. The fraction of sp³-hybridized carbons (Fsp3) is 0.727. The van der Waals surface area contributed by atoms with Crippen molar-refractivity contribution < 1.29 is 4.79 Å². The fourth-order valence-electron chi connectivity index (χ4n) is 2.29. The van der Waals surface area contributed by atoms with Crippen LogP contribution in [0.4, 0.5) is 0 Å². The van der Waals surface area contributed by atoms with Crippen molar-refractivity contribution in [2.24, 2.45) is 5.92 Å². The molecule has 0 spiro atoms. The number of nitrogens with zero attached hydrogens (tertiary/aromatic N) is 4. The van der Waals surface area contributed by atoms with E-state index in [0.717, 1.165) is 32.5 Å². The van der Waals surface area contributed by atoms with E-state index in [1.165, 1.54) is 6.33 Å². The van der Waals surface area contributed by atoms with Gasteiger partial charge in [-0.05, 0) is 32.9 Å². The van der Waals surface area contributed by atoms with E-state index in [-0.39, 0.29) is 5.91 Å². The number of hydrogen-bond donors (Lipinski definition) is 1. The van der Waals surface area contributed by atoms with Crippen LogP contribution in [0.15, 0.2) is 6.33 Å². The predicted octanol–water partition coefficient (Wildman–Crippen LogP) is 0.218. The minimum Gasteiger partial charge on any atom is -0.336 e. The molecule has 94 valence electrons. The molecule has 1 aliphatic rings. The van der Waals surface area contributed by atoms with Gasteiger partial charge >= 0.3 is 0 Å². The molecule has 0 aliphatic carbocycles. The third-order valence-corrected chi connectivity index (χ3v) is 3.14. The van der Waals surface area contributed by atoms with E-state index in [4.69, 9.17) is 0 Å². The Bertz CT molecular complexity index is 354. The van der Waals surface area contributed by atoms with Gasteiger partial charge in [0.05, 0.1) is 0 Å². The van der Waals surface area contributed by atoms with Crippen LogP contribution in [-0.2, 0) is 0 Å². The molecule has 2 rings (SSSR count). The van der Waals surface area contributed by atoms with Crippen molar-refractivity contribution in [2.45, 2.75) is 12.8 Å². The Hall–Kier alpha value is -1.43. The molecule has 1 saturated heterocycles. The van der Waals surface area contributed by atoms with Gasteiger partial charge in [0.25, 0.3) is 5.91 Å². The smallest absolute Gasteiger partial charge is 0.291 e. The zero-order chi connectivity index (χ0) is 12.3. The molecule has 6 nitrogen and oxygen atoms in total. The largest absolute Gasteiger partial charge is 0.336 e. The van der Waals surface area contributed by atoms with Gasteiger partial charge in [0.15, 0.2) is 0 Å². The summed E-state index contributed by atoms with van der Waals surface area (Å²) in [7, 11) is 4.18. The molecule has 2 heterocycles. The summed E-state index contributed by atoms with van der Waals surface area (Å²) in [5.74, 6) is 1.01. The van der Waals surface area contributed by atoms with Crippen LogP contribution in [-0.4, -0.2) is 64.6 Å². The summed E-state index contributed by atoms with van der Waals surface area (Å²) < 4.78 is 0. The topological polar surface area (TPSA) is 65.1 Å². The summed E-state index contributed by atoms with van der Waals surface area (Å²) in [6.07, 6.45) is 3.50. The van der Waals surface area contributed by atoms with Crippen molar-refractivity contribution in [1.82, 2.24) is 25.0 Å². The normalized spacial score (nSPS) is 17.7. The average Bonchev–Trinajstić information content (AvgIpc) is 2.82. The third kappa shape index (κ3) is 3.03. The minimum atomic E-state index is -0.0363. The zero-order valence-corrected chi connectivity index (χ0v) is 10.4. The Morgan fingerprint density at radius 2 is 2.24 bits per heavy atom. The molecular formula is C11H19N5O. The SMILES string of the molecule is CN(C)CC1CCN(C(=O)c2ncn[nH]2)CC1. The summed E-state index contributed by atoms with van der Waals surface area (Å²) in [6, 6.07) is 0. The van der Waals surface area contributed by atoms with Crippen molar-refractivity contribution >= 4 is 5.91 Å². The lowest BCUT2D eigenvalue weighted by atomic mass is 9.96. The Morgan fingerprint density at radius 3 is 2.76 bits per heavy atom. The molecule has 0 aromatic carbocycles. The standard InChI is InChI=1S/C11H19N5O/c1-15(2)7-9-3-5-16(6-4-9)11(17)10-12-8-13-14-10/h8-9H,3-7H2,1-2H3,(H,12,13,14). The average molecular weight is 237 g/mol. The quantitative estimate of drug-likeness (QED) is 0.816. The highest BCUT2D eigenvalue weighted by Crippen LogP contribution is 2.18. The predicted molar refractivity (Wildman–Crippen MR) is 63.6 cm³/mol. The number of likely N-dealkylation sites (tertiary alicyclic amines) is 1. The molecule has 1 aliphatic heterocycles. The molecule has 0 unspecified atom stereocenters. The van der Waals surface area contributed by atoms with Crippen LogP contribution in [0, 0.1) is 5.92 Å². The van der Waals surface area contributed by atoms with E-state index in [1.54, 1.807) is 0 Å². The van der Waals surface area contributed by atoms with Gasteiger partial charge < -0.3 is 9.80 Å². The molecule has 17 heavy (non-hydrogen) atoms. The first-order chi connectivity index (χ1) is 8.16. The van der Waals surface area contributed by atoms with Crippen LogP contribution in [0.25, 0.3) is 0 Å². The molecule has 1 aromatic heterocycles. The second kappa shape index (κ2) is 5.27. The molecule has 1 amide bonds. The van der Waals surface area contributed by atoms with E-state index in [2.05, 4.69) is 34.2 Å². The lowest BCUT2D eigenvalue weighted by molar-refractivity contribution is 0.0666. The summed E-state index contributed by atoms with van der Waals surface area (Å²) in [4.78, 5) is 19.9. The number of piperidine rings is 1. The molecule has 1 fully saturated rings. The first kappa shape index (κ1) is 12.0. The van der Waals surface area contributed by atoms with Crippen LogP contribution < -0.4 is 0 Å². The van der Waals surface area contributed by atoms with Crippen LogP contribution in [0.1, 0.15) is 23.5 Å². The number of nitrogens with one attached hydrogen (secondary N) is 1. The molecule has 6 heteroatoms. The summed E-state index contributed by atoms with van der Waals surface area (Å²) >= 11 is 0. The number of aromatic amines is 1. The maximum atomic E-state index is 12.0. The first-order valence-electron chi connectivity index (χ1n) is 5.96. The minimum absolute atomic E-state index is 0.0363. The molecule has 0 bridgehead atoms. The maximum Gasteiger partial charge on any atom is 0.291 e. The zero-order valence-electron chi connectivity index (χ0n) is 10.4. The second-order valence-electron chi connectivity index (χ2n) is 4.83. The fourth-order valence-corrected chi connectivity index (χ4v) is 2.29. The molecular weight excluding hydrogens is 218 g/mol. The van der Waals surface area contributed by atoms with Crippen LogP contribution in [0.3, 0.4) is 0 Å². The molecule has 1 N–H and O–H groups in total. The van der Waals surface area contributed by atoms with E-state index < -0.39 is 0 Å². The molecule has 1 aromatic rings. The number of amides is 1. The first-order valence-corrected chi connectivity index (χ1v) is 5.96. The maximum absolute atomic E-state index is 12.0. The van der Waals surface area contributed by atoms with Gasteiger partial charge in [-0.1, -0.05) is 0 Å². The van der Waals surface area contributed by atoms with Gasteiger partial charge in [-0.15, -0.1) is 0 Å². The van der Waals surface area contributed by atoms with Gasteiger partial charge in [0.1, 0.15) is 6.33 Å². The van der Waals surface area contributed by atoms with E-state index >= 15 is 0 Å². The highest BCUT2D eigenvalue weighted by Gasteiger charge is 2.25. The lowest BCUT2D eigenvalue weighted by Crippen LogP contribution is -2.41. The van der Waals surface area contributed by atoms with Crippen molar-refractivity contribution in [3.8, 4) is 0 Å². The van der Waals surface area contributed by atoms with Crippen molar-refractivity contribution in [2.75, 3.05) is 33.7 Å². The van der Waals surface area contributed by atoms with Crippen molar-refractivity contribution in [3.05, 3.63) is 12.2 Å². The van der Waals surface area contributed by atoms with Crippen LogP contribution in [0.2, 0.25) is 0 Å². The van der Waals surface area contributed by atoms with Crippen molar-refractivity contribution in [3.63, 3.8) is 0 Å². The second-order valence-corrected chi connectivity index (χ2v) is 4.83.